The molecule has 1 aromatic rings. The van der Waals surface area contributed by atoms with Crippen LogP contribution in [0.5, 0.6) is 0 Å². The number of anilines is 2. The number of nitrogens with zero attached hydrogens (tertiary/aromatic N) is 2. The Kier molecular flexibility index (Phi) is 4.39. The minimum absolute atomic E-state index is 0.0238. The molecule has 1 aromatic heterocycles. The highest BCUT2D eigenvalue weighted by Gasteiger charge is 2.15. The van der Waals surface area contributed by atoms with E-state index in [9.17, 15) is 4.39 Å². The molecule has 16 heavy (non-hydrogen) atoms. The maximum Gasteiger partial charge on any atom is 0.239 e. The van der Waals surface area contributed by atoms with Crippen molar-refractivity contribution in [2.45, 2.75) is 19.9 Å². The normalized spacial score (nSPS) is 12.6. The third kappa shape index (κ3) is 3.01. The molecule has 0 radical (unpaired) electrons. The van der Waals surface area contributed by atoms with Gasteiger partial charge in [0.1, 0.15) is 0 Å². The van der Waals surface area contributed by atoms with E-state index in [-0.39, 0.29) is 30.3 Å². The molecule has 5 N–H and O–H groups in total. The van der Waals surface area contributed by atoms with Gasteiger partial charge < -0.3 is 10.4 Å². The molecule has 6 nitrogen and oxygen atoms in total. The highest BCUT2D eigenvalue weighted by atomic mass is 19.1. The van der Waals surface area contributed by atoms with Gasteiger partial charge in [-0.05, 0) is 5.92 Å². The number of rotatable bonds is 5. The number of nitrogens with two attached hydrogens (primary N) is 1. The second-order valence-corrected chi connectivity index (χ2v) is 3.71. The molecule has 1 atom stereocenters. The van der Waals surface area contributed by atoms with Gasteiger partial charge in [0, 0.05) is 0 Å². The van der Waals surface area contributed by atoms with Crippen LogP contribution in [0.2, 0.25) is 0 Å². The Balaban J connectivity index is 2.86. The van der Waals surface area contributed by atoms with Gasteiger partial charge in [0.05, 0.1) is 18.8 Å². The number of aromatic nitrogens is 2. The van der Waals surface area contributed by atoms with Crippen LogP contribution in [-0.2, 0) is 0 Å². The summed E-state index contributed by atoms with van der Waals surface area (Å²) in [7, 11) is 0. The summed E-state index contributed by atoms with van der Waals surface area (Å²) >= 11 is 0. The van der Waals surface area contributed by atoms with E-state index in [0.29, 0.717) is 0 Å². The van der Waals surface area contributed by atoms with Crippen molar-refractivity contribution in [1.82, 2.24) is 9.97 Å². The highest BCUT2D eigenvalue weighted by Crippen LogP contribution is 2.15. The van der Waals surface area contributed by atoms with Crippen molar-refractivity contribution in [1.29, 1.82) is 0 Å². The van der Waals surface area contributed by atoms with Crippen LogP contribution in [0.25, 0.3) is 0 Å². The average molecular weight is 229 g/mol. The first-order chi connectivity index (χ1) is 7.58. The lowest BCUT2D eigenvalue weighted by atomic mass is 10.1. The third-order valence-corrected chi connectivity index (χ3v) is 2.20. The quantitative estimate of drug-likeness (QED) is 0.429. The van der Waals surface area contributed by atoms with Gasteiger partial charge in [0.15, 0.2) is 11.6 Å². The predicted octanol–water partition coefficient (Wildman–Crippen LogP) is 0.330. The number of nitrogen functional groups attached to an aromatic ring is 1. The summed E-state index contributed by atoms with van der Waals surface area (Å²) in [5.41, 5.74) is 2.22. The number of halogens is 1. The van der Waals surface area contributed by atoms with Crippen molar-refractivity contribution >= 4 is 11.8 Å². The number of aliphatic hydroxyl groups excluding tert-OH is 1. The van der Waals surface area contributed by atoms with E-state index in [1.807, 2.05) is 13.8 Å². The van der Waals surface area contributed by atoms with Gasteiger partial charge in [-0.1, -0.05) is 13.8 Å². The first-order valence-electron chi connectivity index (χ1n) is 4.95. The maximum atomic E-state index is 13.3. The number of hydrazine groups is 1. The van der Waals surface area contributed by atoms with E-state index in [2.05, 4.69) is 20.7 Å². The molecule has 0 aliphatic heterocycles. The molecule has 1 rings (SSSR count). The minimum Gasteiger partial charge on any atom is -0.394 e. The van der Waals surface area contributed by atoms with Gasteiger partial charge in [-0.2, -0.15) is 4.98 Å². The number of hydrogen-bond acceptors (Lipinski definition) is 6. The van der Waals surface area contributed by atoms with Crippen molar-refractivity contribution in [3.63, 3.8) is 0 Å². The zero-order chi connectivity index (χ0) is 12.1. The zero-order valence-electron chi connectivity index (χ0n) is 9.24. The lowest BCUT2D eigenvalue weighted by molar-refractivity contribution is 0.248. The van der Waals surface area contributed by atoms with E-state index in [1.165, 1.54) is 0 Å². The standard InChI is InChI=1S/C9H16FN5O/c1-5(2)7(4-16)13-8-6(10)3-12-9(14-8)15-11/h3,5,7,16H,4,11H2,1-2H3,(H2,12,13,14,15)/t7-/m1/s1. The Labute approximate surface area is 93.1 Å². The average Bonchev–Trinajstić information content (AvgIpc) is 2.27. The van der Waals surface area contributed by atoms with Crippen LogP contribution in [0.1, 0.15) is 13.8 Å². The molecule has 0 aliphatic carbocycles. The van der Waals surface area contributed by atoms with E-state index in [4.69, 9.17) is 10.9 Å². The number of nitrogens with one attached hydrogen (secondary N) is 2. The molecule has 0 aromatic carbocycles. The second-order valence-electron chi connectivity index (χ2n) is 3.71. The fourth-order valence-corrected chi connectivity index (χ4v) is 1.14. The molecule has 0 aliphatic rings. The maximum absolute atomic E-state index is 13.3. The Bertz CT molecular complexity index is 347. The highest BCUT2D eigenvalue weighted by molar-refractivity contribution is 5.41. The van der Waals surface area contributed by atoms with Crippen LogP contribution in [0, 0.1) is 11.7 Å². The summed E-state index contributed by atoms with van der Waals surface area (Å²) in [5, 5.41) is 11.9. The first kappa shape index (κ1) is 12.6. The topological polar surface area (TPSA) is 96.1 Å². The van der Waals surface area contributed by atoms with E-state index >= 15 is 0 Å². The smallest absolute Gasteiger partial charge is 0.239 e. The molecule has 0 spiro atoms. The van der Waals surface area contributed by atoms with E-state index in [1.54, 1.807) is 0 Å². The minimum atomic E-state index is -0.585. The summed E-state index contributed by atoms with van der Waals surface area (Å²) in [4.78, 5) is 7.43. The second kappa shape index (κ2) is 5.57. The van der Waals surface area contributed by atoms with Crippen LogP contribution in [0.15, 0.2) is 6.20 Å². The molecule has 0 saturated carbocycles. The summed E-state index contributed by atoms with van der Waals surface area (Å²) in [6.45, 7) is 3.72. The van der Waals surface area contributed by atoms with Gasteiger partial charge in [-0.25, -0.2) is 15.2 Å². The zero-order valence-corrected chi connectivity index (χ0v) is 9.24. The van der Waals surface area contributed by atoms with E-state index < -0.39 is 5.82 Å². The van der Waals surface area contributed by atoms with Gasteiger partial charge >= 0.3 is 0 Å². The van der Waals surface area contributed by atoms with Crippen LogP contribution in [-0.4, -0.2) is 27.7 Å². The van der Waals surface area contributed by atoms with Gasteiger partial charge in [-0.3, -0.25) is 5.43 Å². The first-order valence-corrected chi connectivity index (χ1v) is 4.95. The molecule has 0 bridgehead atoms. The summed E-state index contributed by atoms with van der Waals surface area (Å²) in [6, 6.07) is -0.268. The summed E-state index contributed by atoms with van der Waals surface area (Å²) in [5.74, 6) is 4.82. The molecule has 90 valence electrons. The lowest BCUT2D eigenvalue weighted by Crippen LogP contribution is -2.30. The molecular weight excluding hydrogens is 213 g/mol. The lowest BCUT2D eigenvalue weighted by Gasteiger charge is -2.20. The molecule has 1 heterocycles. The third-order valence-electron chi connectivity index (χ3n) is 2.20. The largest absolute Gasteiger partial charge is 0.394 e. The van der Waals surface area contributed by atoms with Crippen LogP contribution in [0.4, 0.5) is 16.2 Å². The molecule has 0 amide bonds. The van der Waals surface area contributed by atoms with Crippen LogP contribution in [0.3, 0.4) is 0 Å². The Morgan fingerprint density at radius 3 is 2.75 bits per heavy atom. The molecular formula is C9H16FN5O. The Hall–Kier alpha value is -1.47. The molecule has 0 fully saturated rings. The number of hydrogen-bond donors (Lipinski definition) is 4. The van der Waals surface area contributed by atoms with Crippen LogP contribution < -0.4 is 16.6 Å². The van der Waals surface area contributed by atoms with Gasteiger partial charge in [-0.15, -0.1) is 0 Å². The summed E-state index contributed by atoms with van der Waals surface area (Å²) in [6.07, 6.45) is 1.01. The number of aliphatic hydroxyl groups is 1. The van der Waals surface area contributed by atoms with Crippen molar-refractivity contribution in [2.75, 3.05) is 17.3 Å². The van der Waals surface area contributed by atoms with Gasteiger partial charge in [0.2, 0.25) is 5.95 Å². The Morgan fingerprint density at radius 1 is 1.56 bits per heavy atom. The fourth-order valence-electron chi connectivity index (χ4n) is 1.14. The molecule has 0 saturated heterocycles. The van der Waals surface area contributed by atoms with Crippen molar-refractivity contribution in [3.8, 4) is 0 Å². The summed E-state index contributed by atoms with van der Waals surface area (Å²) < 4.78 is 13.3. The molecule has 7 heteroatoms. The molecule has 0 unspecified atom stereocenters. The van der Waals surface area contributed by atoms with Crippen LogP contribution >= 0.6 is 0 Å². The van der Waals surface area contributed by atoms with Gasteiger partial charge in [0.25, 0.3) is 0 Å². The van der Waals surface area contributed by atoms with E-state index in [0.717, 1.165) is 6.20 Å². The predicted molar refractivity (Wildman–Crippen MR) is 59.1 cm³/mol. The monoisotopic (exact) mass is 229 g/mol. The Morgan fingerprint density at radius 2 is 2.25 bits per heavy atom. The SMILES string of the molecule is CC(C)[C@@H](CO)Nc1nc(NN)ncc1F. The van der Waals surface area contributed by atoms with Crippen molar-refractivity contribution < 1.29 is 9.50 Å². The van der Waals surface area contributed by atoms with Crippen molar-refractivity contribution in [2.24, 2.45) is 11.8 Å². The van der Waals surface area contributed by atoms with Crippen molar-refractivity contribution in [3.05, 3.63) is 12.0 Å². The fraction of sp³-hybridized carbons (Fsp3) is 0.556.